The van der Waals surface area contributed by atoms with Crippen LogP contribution in [-0.4, -0.2) is 11.3 Å². The van der Waals surface area contributed by atoms with Crippen LogP contribution in [-0.2, 0) is 13.0 Å². The Morgan fingerprint density at radius 3 is 2.65 bits per heavy atom. The summed E-state index contributed by atoms with van der Waals surface area (Å²) in [7, 11) is 0. The Bertz CT molecular complexity index is 451. The van der Waals surface area contributed by atoms with Crippen LogP contribution >= 0.6 is 0 Å². The van der Waals surface area contributed by atoms with Crippen LogP contribution < -0.4 is 10.5 Å². The van der Waals surface area contributed by atoms with E-state index >= 15 is 0 Å². The minimum atomic E-state index is -4.82. The van der Waals surface area contributed by atoms with Gasteiger partial charge in [0.15, 0.2) is 5.75 Å². The summed E-state index contributed by atoms with van der Waals surface area (Å²) in [5, 5.41) is 8.51. The van der Waals surface area contributed by atoms with Gasteiger partial charge in [-0.1, -0.05) is 0 Å². The largest absolute Gasteiger partial charge is 0.573 e. The zero-order chi connectivity index (χ0) is 13.1. The number of alkyl halides is 3. The predicted octanol–water partition coefficient (Wildman–Crippen LogP) is 1.81. The lowest BCUT2D eigenvalue weighted by molar-refractivity contribution is -0.275. The first-order valence-electron chi connectivity index (χ1n) is 4.69. The smallest absolute Gasteiger partial charge is 0.404 e. The average molecular weight is 245 g/mol. The Morgan fingerprint density at radius 2 is 2.18 bits per heavy atom. The van der Waals surface area contributed by atoms with Gasteiger partial charge in [0, 0.05) is 12.7 Å². The molecule has 2 N–H and O–H groups in total. The van der Waals surface area contributed by atoms with E-state index in [1.54, 1.807) is 6.07 Å². The molecular formula is C10H10F3N3O. The van der Waals surface area contributed by atoms with Crippen molar-refractivity contribution in [3.63, 3.8) is 0 Å². The molecule has 0 fully saturated rings. The molecular weight excluding hydrogens is 235 g/mol. The van der Waals surface area contributed by atoms with Crippen molar-refractivity contribution in [3.8, 4) is 11.8 Å². The first kappa shape index (κ1) is 13.3. The predicted molar refractivity (Wildman–Crippen MR) is 52.9 cm³/mol. The van der Waals surface area contributed by atoms with Crippen LogP contribution in [0.5, 0.6) is 5.75 Å². The van der Waals surface area contributed by atoms with Gasteiger partial charge in [-0.25, -0.2) is 0 Å². The number of nitrogens with zero attached hydrogens (tertiary/aromatic N) is 2. The van der Waals surface area contributed by atoms with E-state index < -0.39 is 12.1 Å². The average Bonchev–Trinajstić information content (AvgIpc) is 2.22. The molecule has 7 heteroatoms. The van der Waals surface area contributed by atoms with Gasteiger partial charge in [-0.15, -0.1) is 13.2 Å². The van der Waals surface area contributed by atoms with Crippen LogP contribution in [0.1, 0.15) is 16.8 Å². The van der Waals surface area contributed by atoms with Gasteiger partial charge in [0.05, 0.1) is 18.2 Å². The second-order valence-electron chi connectivity index (χ2n) is 3.27. The highest BCUT2D eigenvalue weighted by Gasteiger charge is 2.33. The molecule has 0 amide bonds. The number of rotatable bonds is 3. The third-order valence-electron chi connectivity index (χ3n) is 2.14. The first-order valence-corrected chi connectivity index (χ1v) is 4.69. The van der Waals surface area contributed by atoms with Crippen LogP contribution in [0.2, 0.25) is 0 Å². The Hall–Kier alpha value is -1.81. The standard InChI is InChI=1S/C10H10F3N3O/c1-6-7(4-15)5-16-8(2-3-14)9(6)17-10(11,12)13/h5H,2,4,15H2,1H3. The lowest BCUT2D eigenvalue weighted by Crippen LogP contribution is -2.20. The van der Waals surface area contributed by atoms with Crippen LogP contribution in [0.4, 0.5) is 13.2 Å². The van der Waals surface area contributed by atoms with E-state index in [9.17, 15) is 13.2 Å². The number of nitrogens with two attached hydrogens (primary N) is 1. The monoisotopic (exact) mass is 245 g/mol. The quantitative estimate of drug-likeness (QED) is 0.881. The Morgan fingerprint density at radius 1 is 1.53 bits per heavy atom. The maximum atomic E-state index is 12.2. The summed E-state index contributed by atoms with van der Waals surface area (Å²) in [6, 6.07) is 1.73. The van der Waals surface area contributed by atoms with Gasteiger partial charge in [-0.3, -0.25) is 4.98 Å². The van der Waals surface area contributed by atoms with Crippen molar-refractivity contribution >= 4 is 0 Å². The number of pyridine rings is 1. The van der Waals surface area contributed by atoms with Crippen molar-refractivity contribution < 1.29 is 17.9 Å². The maximum absolute atomic E-state index is 12.2. The number of nitriles is 1. The minimum Gasteiger partial charge on any atom is -0.404 e. The summed E-state index contributed by atoms with van der Waals surface area (Å²) < 4.78 is 40.5. The van der Waals surface area contributed by atoms with Crippen molar-refractivity contribution in [2.45, 2.75) is 26.3 Å². The van der Waals surface area contributed by atoms with E-state index in [4.69, 9.17) is 11.0 Å². The highest BCUT2D eigenvalue weighted by atomic mass is 19.4. The summed E-state index contributed by atoms with van der Waals surface area (Å²) in [6.45, 7) is 1.51. The number of ether oxygens (including phenoxy) is 1. The van der Waals surface area contributed by atoms with Crippen molar-refractivity contribution in [2.24, 2.45) is 5.73 Å². The second-order valence-corrected chi connectivity index (χ2v) is 3.27. The molecule has 1 aromatic rings. The van der Waals surface area contributed by atoms with E-state index in [-0.39, 0.29) is 24.2 Å². The van der Waals surface area contributed by atoms with Crippen LogP contribution in [0.3, 0.4) is 0 Å². The van der Waals surface area contributed by atoms with Crippen LogP contribution in [0, 0.1) is 18.3 Å². The third-order valence-corrected chi connectivity index (χ3v) is 2.14. The molecule has 0 aliphatic heterocycles. The Labute approximate surface area is 95.8 Å². The summed E-state index contributed by atoms with van der Waals surface area (Å²) in [5.74, 6) is -0.429. The second kappa shape index (κ2) is 5.01. The normalized spacial score (nSPS) is 11.1. The lowest BCUT2D eigenvalue weighted by atomic mass is 10.1. The minimum absolute atomic E-state index is 0.0421. The van der Waals surface area contributed by atoms with Crippen molar-refractivity contribution in [2.75, 3.05) is 0 Å². The fourth-order valence-electron chi connectivity index (χ4n) is 1.33. The summed E-state index contributed by atoms with van der Waals surface area (Å²) in [5.41, 5.74) is 6.03. The van der Waals surface area contributed by atoms with Gasteiger partial charge in [-0.05, 0) is 18.1 Å². The molecule has 0 aliphatic carbocycles. The molecule has 0 radical (unpaired) electrons. The van der Waals surface area contributed by atoms with Crippen molar-refractivity contribution in [1.29, 1.82) is 5.26 Å². The zero-order valence-electron chi connectivity index (χ0n) is 9.01. The zero-order valence-corrected chi connectivity index (χ0v) is 9.01. The molecule has 92 valence electrons. The molecule has 17 heavy (non-hydrogen) atoms. The summed E-state index contributed by atoms with van der Waals surface area (Å²) in [4.78, 5) is 3.76. The molecule has 0 aromatic carbocycles. The molecule has 0 bridgehead atoms. The van der Waals surface area contributed by atoms with E-state index in [1.807, 2.05) is 0 Å². The SMILES string of the molecule is Cc1c(CN)cnc(CC#N)c1OC(F)(F)F. The van der Waals surface area contributed by atoms with Crippen molar-refractivity contribution in [3.05, 3.63) is 23.0 Å². The van der Waals surface area contributed by atoms with E-state index in [0.29, 0.717) is 5.56 Å². The third kappa shape index (κ3) is 3.32. The highest BCUT2D eigenvalue weighted by Crippen LogP contribution is 2.30. The van der Waals surface area contributed by atoms with Gasteiger partial charge >= 0.3 is 6.36 Å². The van der Waals surface area contributed by atoms with Gasteiger partial charge in [0.25, 0.3) is 0 Å². The summed E-state index contributed by atoms with van der Waals surface area (Å²) in [6.07, 6.45) is -3.72. The number of hydrogen-bond acceptors (Lipinski definition) is 4. The molecule has 4 nitrogen and oxygen atoms in total. The molecule has 1 aromatic heterocycles. The van der Waals surface area contributed by atoms with Crippen LogP contribution in [0.15, 0.2) is 6.20 Å². The molecule has 1 rings (SSSR count). The number of hydrogen-bond donors (Lipinski definition) is 1. The topological polar surface area (TPSA) is 71.9 Å². The Kier molecular flexibility index (Phi) is 3.91. The number of halogens is 3. The van der Waals surface area contributed by atoms with Gasteiger partial charge in [-0.2, -0.15) is 5.26 Å². The maximum Gasteiger partial charge on any atom is 0.573 e. The first-order chi connectivity index (χ1) is 7.89. The van der Waals surface area contributed by atoms with E-state index in [1.165, 1.54) is 13.1 Å². The Balaban J connectivity index is 3.25. The van der Waals surface area contributed by atoms with Gasteiger partial charge in [0.2, 0.25) is 0 Å². The fourth-order valence-corrected chi connectivity index (χ4v) is 1.33. The van der Waals surface area contributed by atoms with E-state index in [2.05, 4.69) is 9.72 Å². The molecule has 0 saturated heterocycles. The lowest BCUT2D eigenvalue weighted by Gasteiger charge is -2.15. The van der Waals surface area contributed by atoms with Gasteiger partial charge in [0.1, 0.15) is 0 Å². The molecule has 0 aliphatic rings. The molecule has 0 saturated carbocycles. The molecule has 0 unspecified atom stereocenters. The molecule has 0 atom stereocenters. The van der Waals surface area contributed by atoms with Crippen LogP contribution in [0.25, 0.3) is 0 Å². The number of aromatic nitrogens is 1. The molecule has 1 heterocycles. The fraction of sp³-hybridized carbons (Fsp3) is 0.400. The summed E-state index contributed by atoms with van der Waals surface area (Å²) >= 11 is 0. The molecule has 0 spiro atoms. The van der Waals surface area contributed by atoms with Gasteiger partial charge < -0.3 is 10.5 Å². The van der Waals surface area contributed by atoms with Crippen molar-refractivity contribution in [1.82, 2.24) is 4.98 Å². The highest BCUT2D eigenvalue weighted by molar-refractivity contribution is 5.42. The van der Waals surface area contributed by atoms with E-state index in [0.717, 1.165) is 0 Å².